The van der Waals surface area contributed by atoms with Gasteiger partial charge in [-0.25, -0.2) is 0 Å². The van der Waals surface area contributed by atoms with Gasteiger partial charge in [0.2, 0.25) is 0 Å². The minimum Gasteiger partial charge on any atom is -0.367 e. The lowest BCUT2D eigenvalue weighted by atomic mass is 10.1. The molecule has 1 N–H and O–H groups in total. The molecule has 0 aliphatic carbocycles. The zero-order chi connectivity index (χ0) is 14.6. The van der Waals surface area contributed by atoms with Crippen LogP contribution < -0.4 is 10.2 Å². The predicted octanol–water partition coefficient (Wildman–Crippen LogP) is 3.72. The van der Waals surface area contributed by atoms with Crippen molar-refractivity contribution in [2.75, 3.05) is 18.0 Å². The third-order valence-electron chi connectivity index (χ3n) is 3.76. The standard InChI is InChI=1S/C15H21F3N2/c1-12(5-4-8-15(16,17)18)20-10-9-19-11-13-6-2-3-7-14(13)20/h2-3,6-7,12,19H,4-5,8-11H2,1H3. The molecule has 2 rings (SSSR count). The molecule has 1 unspecified atom stereocenters. The molecule has 1 aromatic carbocycles. The fourth-order valence-electron chi connectivity index (χ4n) is 2.70. The van der Waals surface area contributed by atoms with E-state index in [0.717, 1.165) is 25.3 Å². The number of nitrogens with zero attached hydrogens (tertiary/aromatic N) is 1. The first-order chi connectivity index (χ1) is 9.47. The maximum absolute atomic E-state index is 12.2. The first kappa shape index (κ1) is 15.2. The first-order valence-electron chi connectivity index (χ1n) is 7.09. The Balaban J connectivity index is 2.00. The van der Waals surface area contributed by atoms with Crippen LogP contribution in [-0.2, 0) is 6.54 Å². The summed E-state index contributed by atoms with van der Waals surface area (Å²) in [6.45, 7) is 4.53. The highest BCUT2D eigenvalue weighted by Crippen LogP contribution is 2.27. The molecule has 0 aromatic heterocycles. The number of hydrogen-bond donors (Lipinski definition) is 1. The molecule has 5 heteroatoms. The van der Waals surface area contributed by atoms with E-state index in [4.69, 9.17) is 0 Å². The number of anilines is 1. The molecular formula is C15H21F3N2. The number of alkyl halides is 3. The van der Waals surface area contributed by atoms with E-state index in [-0.39, 0.29) is 12.5 Å². The van der Waals surface area contributed by atoms with Gasteiger partial charge in [-0.15, -0.1) is 0 Å². The van der Waals surface area contributed by atoms with E-state index in [9.17, 15) is 13.2 Å². The quantitative estimate of drug-likeness (QED) is 0.907. The number of para-hydroxylation sites is 1. The van der Waals surface area contributed by atoms with Crippen molar-refractivity contribution in [2.24, 2.45) is 0 Å². The summed E-state index contributed by atoms with van der Waals surface area (Å²) in [5, 5.41) is 3.35. The van der Waals surface area contributed by atoms with Gasteiger partial charge in [0, 0.05) is 37.8 Å². The van der Waals surface area contributed by atoms with Gasteiger partial charge in [-0.05, 0) is 31.4 Å². The summed E-state index contributed by atoms with van der Waals surface area (Å²) in [4.78, 5) is 2.23. The lowest BCUT2D eigenvalue weighted by Gasteiger charge is -2.31. The zero-order valence-corrected chi connectivity index (χ0v) is 11.7. The summed E-state index contributed by atoms with van der Waals surface area (Å²) in [5.74, 6) is 0. The molecular weight excluding hydrogens is 265 g/mol. The zero-order valence-electron chi connectivity index (χ0n) is 11.7. The highest BCUT2D eigenvalue weighted by atomic mass is 19.4. The van der Waals surface area contributed by atoms with Crippen LogP contribution in [0.5, 0.6) is 0 Å². The minimum atomic E-state index is -4.04. The van der Waals surface area contributed by atoms with E-state index < -0.39 is 12.6 Å². The second-order valence-corrected chi connectivity index (χ2v) is 5.36. The van der Waals surface area contributed by atoms with E-state index in [0.29, 0.717) is 6.42 Å². The van der Waals surface area contributed by atoms with Gasteiger partial charge in [-0.3, -0.25) is 0 Å². The van der Waals surface area contributed by atoms with Crippen molar-refractivity contribution in [1.82, 2.24) is 5.32 Å². The third kappa shape index (κ3) is 4.13. The van der Waals surface area contributed by atoms with Crippen LogP contribution in [0.15, 0.2) is 24.3 Å². The van der Waals surface area contributed by atoms with Crippen LogP contribution in [0.1, 0.15) is 31.7 Å². The van der Waals surface area contributed by atoms with Crippen molar-refractivity contribution in [3.63, 3.8) is 0 Å². The maximum atomic E-state index is 12.2. The van der Waals surface area contributed by atoms with Gasteiger partial charge in [0.1, 0.15) is 0 Å². The summed E-state index contributed by atoms with van der Waals surface area (Å²) < 4.78 is 36.7. The number of rotatable bonds is 4. The van der Waals surface area contributed by atoms with Crippen molar-refractivity contribution < 1.29 is 13.2 Å². The lowest BCUT2D eigenvalue weighted by molar-refractivity contribution is -0.135. The molecule has 0 saturated heterocycles. The van der Waals surface area contributed by atoms with Crippen LogP contribution in [0.2, 0.25) is 0 Å². The van der Waals surface area contributed by atoms with Gasteiger partial charge in [0.25, 0.3) is 0 Å². The molecule has 20 heavy (non-hydrogen) atoms. The molecule has 0 saturated carbocycles. The van der Waals surface area contributed by atoms with Gasteiger partial charge < -0.3 is 10.2 Å². The Morgan fingerprint density at radius 1 is 1.30 bits per heavy atom. The monoisotopic (exact) mass is 286 g/mol. The molecule has 1 aliphatic heterocycles. The van der Waals surface area contributed by atoms with E-state index >= 15 is 0 Å². The second-order valence-electron chi connectivity index (χ2n) is 5.36. The minimum absolute atomic E-state index is 0.124. The summed E-state index contributed by atoms with van der Waals surface area (Å²) in [5.41, 5.74) is 2.37. The van der Waals surface area contributed by atoms with Gasteiger partial charge in [-0.2, -0.15) is 13.2 Å². The summed E-state index contributed by atoms with van der Waals surface area (Å²) in [6.07, 6.45) is -3.98. The van der Waals surface area contributed by atoms with Gasteiger partial charge in [0.05, 0.1) is 0 Å². The highest BCUT2D eigenvalue weighted by molar-refractivity contribution is 5.55. The van der Waals surface area contributed by atoms with Gasteiger partial charge >= 0.3 is 6.18 Å². The average molecular weight is 286 g/mol. The fourth-order valence-corrected chi connectivity index (χ4v) is 2.70. The number of nitrogens with one attached hydrogen (secondary N) is 1. The summed E-state index contributed by atoms with van der Waals surface area (Å²) in [6, 6.07) is 8.24. The van der Waals surface area contributed by atoms with E-state index in [2.05, 4.69) is 22.3 Å². The van der Waals surface area contributed by atoms with E-state index in [1.165, 1.54) is 5.56 Å². The van der Waals surface area contributed by atoms with Crippen LogP contribution in [0.25, 0.3) is 0 Å². The summed E-state index contributed by atoms with van der Waals surface area (Å²) >= 11 is 0. The van der Waals surface area contributed by atoms with Crippen LogP contribution >= 0.6 is 0 Å². The third-order valence-corrected chi connectivity index (χ3v) is 3.76. The molecule has 1 aliphatic rings. The Kier molecular flexibility index (Phi) is 4.91. The van der Waals surface area contributed by atoms with Crippen LogP contribution in [0, 0.1) is 0 Å². The van der Waals surface area contributed by atoms with E-state index in [1.54, 1.807) is 0 Å². The predicted molar refractivity (Wildman–Crippen MR) is 74.9 cm³/mol. The topological polar surface area (TPSA) is 15.3 Å². The number of hydrogen-bond acceptors (Lipinski definition) is 2. The van der Waals surface area contributed by atoms with Crippen LogP contribution in [-0.4, -0.2) is 25.3 Å². The van der Waals surface area contributed by atoms with Crippen LogP contribution in [0.3, 0.4) is 0 Å². The molecule has 1 aromatic rings. The SMILES string of the molecule is CC(CCCC(F)(F)F)N1CCNCc2ccccc21. The van der Waals surface area contributed by atoms with Crippen molar-refractivity contribution in [3.8, 4) is 0 Å². The van der Waals surface area contributed by atoms with Crippen molar-refractivity contribution in [1.29, 1.82) is 0 Å². The smallest absolute Gasteiger partial charge is 0.367 e. The largest absolute Gasteiger partial charge is 0.389 e. The molecule has 1 heterocycles. The Bertz CT molecular complexity index is 431. The molecule has 0 fully saturated rings. The Morgan fingerprint density at radius 3 is 2.80 bits per heavy atom. The Morgan fingerprint density at radius 2 is 2.05 bits per heavy atom. The fraction of sp³-hybridized carbons (Fsp3) is 0.600. The number of halogens is 3. The molecule has 2 nitrogen and oxygen atoms in total. The van der Waals surface area contributed by atoms with Crippen molar-refractivity contribution >= 4 is 5.69 Å². The molecule has 112 valence electrons. The molecule has 1 atom stereocenters. The van der Waals surface area contributed by atoms with E-state index in [1.807, 2.05) is 19.1 Å². The first-order valence-corrected chi connectivity index (χ1v) is 7.09. The van der Waals surface area contributed by atoms with Crippen molar-refractivity contribution in [2.45, 2.75) is 44.9 Å². The van der Waals surface area contributed by atoms with Crippen LogP contribution in [0.4, 0.5) is 18.9 Å². The molecule has 0 amide bonds. The van der Waals surface area contributed by atoms with Gasteiger partial charge in [0.15, 0.2) is 0 Å². The Labute approximate surface area is 118 Å². The second kappa shape index (κ2) is 6.48. The lowest BCUT2D eigenvalue weighted by Crippen LogP contribution is -2.36. The normalized spacial score (nSPS) is 17.5. The molecule has 0 bridgehead atoms. The number of fused-ring (bicyclic) bond motifs is 1. The summed E-state index contributed by atoms with van der Waals surface area (Å²) in [7, 11) is 0. The highest BCUT2D eigenvalue weighted by Gasteiger charge is 2.27. The molecule has 0 spiro atoms. The van der Waals surface area contributed by atoms with Crippen molar-refractivity contribution in [3.05, 3.63) is 29.8 Å². The average Bonchev–Trinajstić information content (AvgIpc) is 2.59. The number of benzene rings is 1. The molecule has 0 radical (unpaired) electrons. The maximum Gasteiger partial charge on any atom is 0.389 e. The van der Waals surface area contributed by atoms with Gasteiger partial charge in [-0.1, -0.05) is 18.2 Å². The Hall–Kier alpha value is -1.23.